The lowest BCUT2D eigenvalue weighted by molar-refractivity contribution is 0.522. The predicted octanol–water partition coefficient (Wildman–Crippen LogP) is 1.07. The molecule has 4 N–H and O–H groups in total. The number of rotatable bonds is 3. The van der Waals surface area contributed by atoms with E-state index in [0.717, 1.165) is 12.1 Å². The van der Waals surface area contributed by atoms with Gasteiger partial charge in [-0.2, -0.15) is 0 Å². The molecule has 2 aromatic rings. The summed E-state index contributed by atoms with van der Waals surface area (Å²) in [6.07, 6.45) is 2.64. The molecule has 1 heterocycles. The fourth-order valence-corrected chi connectivity index (χ4v) is 2.44. The molecule has 2 rings (SSSR count). The quantitative estimate of drug-likeness (QED) is 0.729. The molecular formula is C9H8F2N4O2S. The number of aromatic amines is 1. The number of imidazole rings is 1. The summed E-state index contributed by atoms with van der Waals surface area (Å²) in [5.74, 6) is -2.69. The monoisotopic (exact) mass is 274 g/mol. The lowest BCUT2D eigenvalue weighted by Gasteiger charge is -2.08. The summed E-state index contributed by atoms with van der Waals surface area (Å²) >= 11 is 0. The minimum Gasteiger partial charge on any atom is -0.399 e. The molecule has 0 fully saturated rings. The van der Waals surface area contributed by atoms with Crippen molar-refractivity contribution in [3.05, 3.63) is 36.2 Å². The van der Waals surface area contributed by atoms with Gasteiger partial charge in [-0.15, -0.1) is 0 Å². The van der Waals surface area contributed by atoms with Crippen LogP contribution in [-0.4, -0.2) is 18.4 Å². The van der Waals surface area contributed by atoms with E-state index in [1.165, 1.54) is 12.4 Å². The van der Waals surface area contributed by atoms with Gasteiger partial charge in [0.15, 0.2) is 4.90 Å². The summed E-state index contributed by atoms with van der Waals surface area (Å²) in [5, 5.41) is 0. The van der Waals surface area contributed by atoms with E-state index in [-0.39, 0.29) is 11.6 Å². The lowest BCUT2D eigenvalue weighted by atomic mass is 10.3. The van der Waals surface area contributed by atoms with E-state index in [2.05, 4.69) is 9.97 Å². The van der Waals surface area contributed by atoms with Gasteiger partial charge < -0.3 is 10.7 Å². The second-order valence-corrected chi connectivity index (χ2v) is 4.98. The number of aromatic nitrogens is 2. The summed E-state index contributed by atoms with van der Waals surface area (Å²) < 4.78 is 52.4. The molecule has 0 bridgehead atoms. The van der Waals surface area contributed by atoms with Crippen LogP contribution in [0.15, 0.2) is 29.4 Å². The van der Waals surface area contributed by atoms with Gasteiger partial charge in [-0.25, -0.2) is 26.9 Å². The Bertz CT molecular complexity index is 647. The van der Waals surface area contributed by atoms with Crippen molar-refractivity contribution in [3.8, 4) is 0 Å². The van der Waals surface area contributed by atoms with Gasteiger partial charge in [0.1, 0.15) is 11.6 Å². The summed E-state index contributed by atoms with van der Waals surface area (Å²) in [6, 6.07) is 1.44. The highest BCUT2D eigenvalue weighted by Crippen LogP contribution is 2.23. The van der Waals surface area contributed by atoms with Crippen molar-refractivity contribution < 1.29 is 17.2 Å². The highest BCUT2D eigenvalue weighted by Gasteiger charge is 2.25. The maximum atomic E-state index is 13.5. The average molecular weight is 274 g/mol. The SMILES string of the molecule is Nc1cc(F)c(S(=O)(=O)Nc2ncc[nH]2)c(F)c1. The first-order chi connectivity index (χ1) is 8.40. The molecule has 0 aliphatic heterocycles. The van der Waals surface area contributed by atoms with Crippen molar-refractivity contribution >= 4 is 21.7 Å². The molecule has 96 valence electrons. The number of nitrogens with one attached hydrogen (secondary N) is 2. The van der Waals surface area contributed by atoms with Gasteiger partial charge in [-0.3, -0.25) is 0 Å². The summed E-state index contributed by atoms with van der Waals surface area (Å²) in [5.41, 5.74) is 4.99. The number of hydrogen-bond donors (Lipinski definition) is 3. The van der Waals surface area contributed by atoms with E-state index in [0.29, 0.717) is 0 Å². The van der Waals surface area contributed by atoms with E-state index in [4.69, 9.17) is 5.73 Å². The summed E-state index contributed by atoms with van der Waals surface area (Å²) in [4.78, 5) is 4.93. The zero-order valence-corrected chi connectivity index (χ0v) is 9.63. The standard InChI is InChI=1S/C9H8F2N4O2S/c10-6-3-5(12)4-7(11)8(6)18(16,17)15-9-13-1-2-14-9/h1-4H,12H2,(H2,13,14,15). The number of sulfonamides is 1. The number of halogens is 2. The number of anilines is 2. The molecule has 0 amide bonds. The van der Waals surface area contributed by atoms with E-state index < -0.39 is 26.6 Å². The average Bonchev–Trinajstić information content (AvgIpc) is 2.66. The van der Waals surface area contributed by atoms with Crippen molar-refractivity contribution in [3.63, 3.8) is 0 Å². The first-order valence-corrected chi connectivity index (χ1v) is 6.15. The second-order valence-electron chi connectivity index (χ2n) is 3.36. The Labute approximate surface area is 101 Å². The number of nitrogens with zero attached hydrogens (tertiary/aromatic N) is 1. The van der Waals surface area contributed by atoms with Crippen LogP contribution in [0.1, 0.15) is 0 Å². The van der Waals surface area contributed by atoms with E-state index in [1.54, 1.807) is 0 Å². The highest BCUT2D eigenvalue weighted by atomic mass is 32.2. The number of benzene rings is 1. The van der Waals surface area contributed by atoms with Gasteiger partial charge in [0.2, 0.25) is 5.95 Å². The molecule has 0 spiro atoms. The van der Waals surface area contributed by atoms with Crippen molar-refractivity contribution in [1.82, 2.24) is 9.97 Å². The summed E-state index contributed by atoms with van der Waals surface area (Å²) in [6.45, 7) is 0. The topological polar surface area (TPSA) is 101 Å². The molecule has 0 atom stereocenters. The minimum atomic E-state index is -4.41. The number of nitrogen functional groups attached to an aromatic ring is 1. The van der Waals surface area contributed by atoms with Crippen LogP contribution in [0.4, 0.5) is 20.4 Å². The molecule has 1 aromatic heterocycles. The largest absolute Gasteiger partial charge is 0.399 e. The van der Waals surface area contributed by atoms with Gasteiger partial charge in [0.05, 0.1) is 0 Å². The Hall–Kier alpha value is -2.16. The molecule has 0 aliphatic carbocycles. The van der Waals surface area contributed by atoms with Crippen LogP contribution < -0.4 is 10.5 Å². The third-order valence-electron chi connectivity index (χ3n) is 2.02. The molecule has 18 heavy (non-hydrogen) atoms. The Morgan fingerprint density at radius 2 is 1.89 bits per heavy atom. The zero-order valence-electron chi connectivity index (χ0n) is 8.81. The highest BCUT2D eigenvalue weighted by molar-refractivity contribution is 7.92. The van der Waals surface area contributed by atoms with Crippen LogP contribution in [0.3, 0.4) is 0 Å². The van der Waals surface area contributed by atoms with Crippen LogP contribution in [0.25, 0.3) is 0 Å². The molecule has 0 unspecified atom stereocenters. The number of nitrogens with two attached hydrogens (primary N) is 1. The normalized spacial score (nSPS) is 11.4. The Kier molecular flexibility index (Phi) is 2.91. The van der Waals surface area contributed by atoms with Crippen LogP contribution >= 0.6 is 0 Å². The second kappa shape index (κ2) is 4.26. The molecular weight excluding hydrogens is 266 g/mol. The van der Waals surface area contributed by atoms with E-state index in [1.807, 2.05) is 4.72 Å². The molecule has 6 nitrogen and oxygen atoms in total. The van der Waals surface area contributed by atoms with Crippen LogP contribution in [0.5, 0.6) is 0 Å². The molecule has 0 aliphatic rings. The van der Waals surface area contributed by atoms with Gasteiger partial charge in [0.25, 0.3) is 10.0 Å². The van der Waals surface area contributed by atoms with Crippen LogP contribution in [0.2, 0.25) is 0 Å². The Balaban J connectivity index is 2.48. The number of H-pyrrole nitrogens is 1. The lowest BCUT2D eigenvalue weighted by Crippen LogP contribution is -2.17. The smallest absolute Gasteiger partial charge is 0.270 e. The Morgan fingerprint density at radius 3 is 2.39 bits per heavy atom. The Morgan fingerprint density at radius 1 is 1.28 bits per heavy atom. The third kappa shape index (κ3) is 2.25. The fourth-order valence-electron chi connectivity index (χ4n) is 1.34. The van der Waals surface area contributed by atoms with Crippen molar-refractivity contribution in [2.24, 2.45) is 0 Å². The maximum Gasteiger partial charge on any atom is 0.270 e. The van der Waals surface area contributed by atoms with Crippen molar-refractivity contribution in [2.75, 3.05) is 10.5 Å². The molecule has 9 heteroatoms. The van der Waals surface area contributed by atoms with E-state index in [9.17, 15) is 17.2 Å². The molecule has 0 saturated carbocycles. The van der Waals surface area contributed by atoms with E-state index >= 15 is 0 Å². The first-order valence-electron chi connectivity index (χ1n) is 4.67. The molecule has 1 aromatic carbocycles. The van der Waals surface area contributed by atoms with Gasteiger partial charge in [0, 0.05) is 18.1 Å². The van der Waals surface area contributed by atoms with Gasteiger partial charge in [-0.05, 0) is 12.1 Å². The van der Waals surface area contributed by atoms with Crippen molar-refractivity contribution in [1.29, 1.82) is 0 Å². The number of hydrogen-bond acceptors (Lipinski definition) is 4. The van der Waals surface area contributed by atoms with Crippen molar-refractivity contribution in [2.45, 2.75) is 4.90 Å². The fraction of sp³-hybridized carbons (Fsp3) is 0. The maximum absolute atomic E-state index is 13.5. The van der Waals surface area contributed by atoms with Gasteiger partial charge >= 0.3 is 0 Å². The first kappa shape index (κ1) is 12.3. The van der Waals surface area contributed by atoms with Crippen LogP contribution in [0, 0.1) is 11.6 Å². The molecule has 0 radical (unpaired) electrons. The van der Waals surface area contributed by atoms with Crippen LogP contribution in [-0.2, 0) is 10.0 Å². The molecule has 0 saturated heterocycles. The third-order valence-corrected chi connectivity index (χ3v) is 3.41. The zero-order chi connectivity index (χ0) is 13.3. The predicted molar refractivity (Wildman–Crippen MR) is 60.2 cm³/mol. The summed E-state index contributed by atoms with van der Waals surface area (Å²) in [7, 11) is -4.41. The van der Waals surface area contributed by atoms with Gasteiger partial charge in [-0.1, -0.05) is 0 Å². The minimum absolute atomic E-state index is 0.148.